The van der Waals surface area contributed by atoms with Crippen molar-refractivity contribution >= 4 is 11.6 Å². The topological polar surface area (TPSA) is 80.2 Å². The molecular weight excluding hydrogens is 382 g/mol. The SMILES string of the molecule is CCC(NCC(=O)N1N=C(c2ccco2)CC1c1ccco1)c1ccc(OC)cc1. The Labute approximate surface area is 175 Å². The van der Waals surface area contributed by atoms with E-state index < -0.39 is 0 Å². The molecule has 0 aliphatic carbocycles. The highest BCUT2D eigenvalue weighted by Gasteiger charge is 2.35. The second-order valence-electron chi connectivity index (χ2n) is 7.11. The normalized spacial score (nSPS) is 17.1. The standard InChI is InChI=1S/C23H25N3O4/c1-3-18(16-8-10-17(28-2)11-9-16)24-15-23(27)26-20(22-7-5-13-30-22)14-19(25-26)21-6-4-12-29-21/h4-13,18,20,24H,3,14-15H2,1-2H3. The smallest absolute Gasteiger partial charge is 0.257 e. The van der Waals surface area contributed by atoms with E-state index in [0.29, 0.717) is 17.9 Å². The van der Waals surface area contributed by atoms with Crippen LogP contribution < -0.4 is 10.1 Å². The molecule has 30 heavy (non-hydrogen) atoms. The molecule has 3 aromatic rings. The van der Waals surface area contributed by atoms with Crippen molar-refractivity contribution < 1.29 is 18.4 Å². The first-order valence-electron chi connectivity index (χ1n) is 10.0. The Bertz CT molecular complexity index is 978. The van der Waals surface area contributed by atoms with Gasteiger partial charge in [0, 0.05) is 12.5 Å². The minimum Gasteiger partial charge on any atom is -0.497 e. The monoisotopic (exact) mass is 407 g/mol. The van der Waals surface area contributed by atoms with Crippen molar-refractivity contribution in [1.29, 1.82) is 0 Å². The maximum Gasteiger partial charge on any atom is 0.257 e. The summed E-state index contributed by atoms with van der Waals surface area (Å²) in [6.45, 7) is 2.25. The summed E-state index contributed by atoms with van der Waals surface area (Å²) >= 11 is 0. The van der Waals surface area contributed by atoms with E-state index in [1.807, 2.05) is 48.5 Å². The van der Waals surface area contributed by atoms with E-state index in [0.717, 1.165) is 23.4 Å². The van der Waals surface area contributed by atoms with Crippen LogP contribution in [0.4, 0.5) is 0 Å². The van der Waals surface area contributed by atoms with Crippen LogP contribution in [0.5, 0.6) is 5.75 Å². The van der Waals surface area contributed by atoms with Gasteiger partial charge in [0.15, 0.2) is 0 Å². The first kappa shape index (κ1) is 20.0. The molecule has 156 valence electrons. The summed E-state index contributed by atoms with van der Waals surface area (Å²) in [4.78, 5) is 13.1. The number of amides is 1. The maximum absolute atomic E-state index is 13.1. The Kier molecular flexibility index (Phi) is 5.99. The number of furan rings is 2. The van der Waals surface area contributed by atoms with Gasteiger partial charge >= 0.3 is 0 Å². The van der Waals surface area contributed by atoms with E-state index in [1.54, 1.807) is 19.6 Å². The maximum atomic E-state index is 13.1. The molecule has 0 radical (unpaired) electrons. The molecule has 7 heteroatoms. The molecular formula is C23H25N3O4. The van der Waals surface area contributed by atoms with Crippen LogP contribution in [-0.4, -0.2) is 30.3 Å². The van der Waals surface area contributed by atoms with E-state index in [4.69, 9.17) is 13.6 Å². The van der Waals surface area contributed by atoms with Crippen molar-refractivity contribution in [2.24, 2.45) is 5.10 Å². The average molecular weight is 407 g/mol. The molecule has 1 aliphatic rings. The highest BCUT2D eigenvalue weighted by Crippen LogP contribution is 2.33. The van der Waals surface area contributed by atoms with E-state index in [2.05, 4.69) is 17.3 Å². The van der Waals surface area contributed by atoms with E-state index in [9.17, 15) is 4.79 Å². The number of carbonyl (C=O) groups is 1. The molecule has 2 unspecified atom stereocenters. The van der Waals surface area contributed by atoms with Gasteiger partial charge in [-0.2, -0.15) is 5.10 Å². The fourth-order valence-corrected chi connectivity index (χ4v) is 3.66. The molecule has 2 atom stereocenters. The zero-order valence-corrected chi connectivity index (χ0v) is 17.1. The molecule has 4 rings (SSSR count). The second-order valence-corrected chi connectivity index (χ2v) is 7.11. The number of hydrogen-bond acceptors (Lipinski definition) is 6. The number of hydrogen-bond donors (Lipinski definition) is 1. The lowest BCUT2D eigenvalue weighted by molar-refractivity contribution is -0.132. The molecule has 0 fully saturated rings. The lowest BCUT2D eigenvalue weighted by atomic mass is 10.0. The third kappa shape index (κ3) is 4.16. The highest BCUT2D eigenvalue weighted by molar-refractivity contribution is 6.01. The third-order valence-electron chi connectivity index (χ3n) is 5.27. The minimum atomic E-state index is -0.282. The largest absolute Gasteiger partial charge is 0.497 e. The van der Waals surface area contributed by atoms with Crippen LogP contribution in [0.15, 0.2) is 75.0 Å². The number of nitrogens with zero attached hydrogens (tertiary/aromatic N) is 2. The van der Waals surface area contributed by atoms with Crippen molar-refractivity contribution in [1.82, 2.24) is 10.3 Å². The van der Waals surface area contributed by atoms with Crippen LogP contribution in [0.3, 0.4) is 0 Å². The van der Waals surface area contributed by atoms with Crippen LogP contribution in [0.1, 0.15) is 48.9 Å². The first-order chi connectivity index (χ1) is 14.7. The molecule has 3 heterocycles. The van der Waals surface area contributed by atoms with Gasteiger partial charge in [-0.15, -0.1) is 0 Å². The summed E-state index contributed by atoms with van der Waals surface area (Å²) in [5.41, 5.74) is 1.84. The Morgan fingerprint density at radius 1 is 1.20 bits per heavy atom. The predicted molar refractivity (Wildman–Crippen MR) is 112 cm³/mol. The van der Waals surface area contributed by atoms with Crippen molar-refractivity contribution in [2.75, 3.05) is 13.7 Å². The number of nitrogens with one attached hydrogen (secondary N) is 1. The molecule has 0 saturated heterocycles. The van der Waals surface area contributed by atoms with Gasteiger partial charge in [0.1, 0.15) is 29.0 Å². The van der Waals surface area contributed by atoms with Crippen LogP contribution in [0.25, 0.3) is 0 Å². The number of hydrazone groups is 1. The molecule has 0 spiro atoms. The van der Waals surface area contributed by atoms with E-state index >= 15 is 0 Å². The highest BCUT2D eigenvalue weighted by atomic mass is 16.5. The average Bonchev–Trinajstić information content (AvgIpc) is 3.55. The third-order valence-corrected chi connectivity index (χ3v) is 5.27. The molecule has 2 aromatic heterocycles. The summed E-state index contributed by atoms with van der Waals surface area (Å²) in [7, 11) is 1.65. The minimum absolute atomic E-state index is 0.0537. The first-order valence-corrected chi connectivity index (χ1v) is 10.0. The van der Waals surface area contributed by atoms with Gasteiger partial charge in [0.2, 0.25) is 0 Å². The van der Waals surface area contributed by atoms with E-state index in [-0.39, 0.29) is 24.5 Å². The Balaban J connectivity index is 1.48. The van der Waals surface area contributed by atoms with Crippen LogP contribution in [0, 0.1) is 0 Å². The molecule has 0 bridgehead atoms. The Hall–Kier alpha value is -3.32. The lowest BCUT2D eigenvalue weighted by Crippen LogP contribution is -2.36. The van der Waals surface area contributed by atoms with Crippen molar-refractivity contribution in [2.45, 2.75) is 31.8 Å². The summed E-state index contributed by atoms with van der Waals surface area (Å²) < 4.78 is 16.3. The van der Waals surface area contributed by atoms with Gasteiger partial charge in [0.25, 0.3) is 5.91 Å². The number of rotatable bonds is 8. The number of carbonyl (C=O) groups excluding carboxylic acids is 1. The zero-order valence-electron chi connectivity index (χ0n) is 17.1. The van der Waals surface area contributed by atoms with Gasteiger partial charge in [-0.1, -0.05) is 19.1 Å². The Morgan fingerprint density at radius 3 is 2.60 bits per heavy atom. The van der Waals surface area contributed by atoms with Crippen molar-refractivity contribution in [3.63, 3.8) is 0 Å². The predicted octanol–water partition coefficient (Wildman–Crippen LogP) is 4.30. The van der Waals surface area contributed by atoms with Gasteiger partial charge in [-0.05, 0) is 48.4 Å². The lowest BCUT2D eigenvalue weighted by Gasteiger charge is -2.22. The van der Waals surface area contributed by atoms with Crippen LogP contribution in [-0.2, 0) is 4.79 Å². The second kappa shape index (κ2) is 9.00. The van der Waals surface area contributed by atoms with Crippen molar-refractivity contribution in [3.8, 4) is 5.75 Å². The molecule has 1 amide bonds. The summed E-state index contributed by atoms with van der Waals surface area (Å²) in [6, 6.07) is 15.0. The Morgan fingerprint density at radius 2 is 1.97 bits per heavy atom. The van der Waals surface area contributed by atoms with Crippen LogP contribution >= 0.6 is 0 Å². The van der Waals surface area contributed by atoms with E-state index in [1.165, 1.54) is 5.01 Å². The molecule has 1 aliphatic heterocycles. The summed E-state index contributed by atoms with van der Waals surface area (Å²) in [5.74, 6) is 2.06. The number of methoxy groups -OCH3 is 1. The van der Waals surface area contributed by atoms with Gasteiger partial charge in [-0.25, -0.2) is 5.01 Å². The zero-order chi connectivity index (χ0) is 20.9. The van der Waals surface area contributed by atoms with Crippen LogP contribution in [0.2, 0.25) is 0 Å². The molecule has 7 nitrogen and oxygen atoms in total. The quantitative estimate of drug-likeness (QED) is 0.602. The fourth-order valence-electron chi connectivity index (χ4n) is 3.66. The number of benzene rings is 1. The molecule has 0 saturated carbocycles. The van der Waals surface area contributed by atoms with Crippen molar-refractivity contribution in [3.05, 3.63) is 78.1 Å². The molecule has 1 aromatic carbocycles. The van der Waals surface area contributed by atoms with Gasteiger partial charge in [-0.3, -0.25) is 4.79 Å². The fraction of sp³-hybridized carbons (Fsp3) is 0.304. The van der Waals surface area contributed by atoms with Gasteiger partial charge < -0.3 is 18.9 Å². The van der Waals surface area contributed by atoms with Gasteiger partial charge in [0.05, 0.1) is 26.2 Å². The summed E-state index contributed by atoms with van der Waals surface area (Å²) in [5, 5.41) is 9.42. The summed E-state index contributed by atoms with van der Waals surface area (Å²) in [6.07, 6.45) is 4.61. The molecule has 1 N–H and O–H groups in total. The number of ether oxygens (including phenoxy) is 1.